The third-order valence-corrected chi connectivity index (χ3v) is 6.33. The fraction of sp³-hybridized carbons (Fsp3) is 0.130. The van der Waals surface area contributed by atoms with Gasteiger partial charge in [-0.2, -0.15) is 0 Å². The van der Waals surface area contributed by atoms with Crippen LogP contribution in [0.3, 0.4) is 0 Å². The molecule has 0 saturated carbocycles. The molecule has 4 aromatic rings. The van der Waals surface area contributed by atoms with Crippen LogP contribution in [0.15, 0.2) is 83.3 Å². The first-order chi connectivity index (χ1) is 14.7. The van der Waals surface area contributed by atoms with Crippen molar-refractivity contribution in [2.45, 2.75) is 18.1 Å². The number of aromatic nitrogens is 3. The third-order valence-electron chi connectivity index (χ3n) is 4.44. The van der Waals surface area contributed by atoms with E-state index in [-0.39, 0.29) is 17.7 Å². The Morgan fingerprint density at radius 1 is 0.933 bits per heavy atom. The van der Waals surface area contributed by atoms with Crippen LogP contribution >= 0.6 is 23.1 Å². The summed E-state index contributed by atoms with van der Waals surface area (Å²) in [5.41, 5.74) is 3.40. The van der Waals surface area contributed by atoms with E-state index in [9.17, 15) is 4.79 Å². The van der Waals surface area contributed by atoms with E-state index in [2.05, 4.69) is 15.5 Å². The Hall–Kier alpha value is -3.03. The van der Waals surface area contributed by atoms with Gasteiger partial charge in [-0.3, -0.25) is 4.79 Å². The first-order valence-electron chi connectivity index (χ1n) is 9.52. The van der Waals surface area contributed by atoms with Crippen molar-refractivity contribution >= 4 is 29.0 Å². The molecule has 1 atom stereocenters. The summed E-state index contributed by atoms with van der Waals surface area (Å²) in [4.78, 5) is 18.2. The quantitative estimate of drug-likeness (QED) is 0.405. The number of thioether (sulfide) groups is 1. The van der Waals surface area contributed by atoms with Crippen molar-refractivity contribution < 1.29 is 4.79 Å². The minimum absolute atomic E-state index is 0.0162. The van der Waals surface area contributed by atoms with Gasteiger partial charge in [-0.1, -0.05) is 78.5 Å². The zero-order chi connectivity index (χ0) is 20.8. The minimum Gasteiger partial charge on any atom is -0.348 e. The standard InChI is InChI=1S/C23H20N4OS2/c1-16(19-13-8-14-29-19)24-20(28)15-30-23-25-21(17-9-4-2-5-10-17)22(26-27-23)18-11-6-3-7-12-18/h2-14,16H,15H2,1H3,(H,24,28)/t16-/m1/s1. The summed E-state index contributed by atoms with van der Waals surface area (Å²) in [5, 5.41) is 14.2. The van der Waals surface area contributed by atoms with Gasteiger partial charge in [0.2, 0.25) is 11.1 Å². The summed E-state index contributed by atoms with van der Waals surface area (Å²) in [7, 11) is 0. The maximum atomic E-state index is 12.4. The molecule has 7 heteroatoms. The number of hydrogen-bond acceptors (Lipinski definition) is 6. The number of amides is 1. The number of nitrogens with zero attached hydrogens (tertiary/aromatic N) is 3. The van der Waals surface area contributed by atoms with E-state index < -0.39 is 0 Å². The van der Waals surface area contributed by atoms with Crippen LogP contribution < -0.4 is 5.32 Å². The third kappa shape index (κ3) is 4.93. The molecule has 0 saturated heterocycles. The van der Waals surface area contributed by atoms with E-state index in [1.165, 1.54) is 11.8 Å². The Balaban J connectivity index is 1.52. The highest BCUT2D eigenvalue weighted by Gasteiger charge is 2.15. The molecule has 0 aliphatic rings. The maximum Gasteiger partial charge on any atom is 0.230 e. The molecule has 1 amide bonds. The van der Waals surface area contributed by atoms with Crippen LogP contribution in [0.1, 0.15) is 17.8 Å². The summed E-state index contributed by atoms with van der Waals surface area (Å²) in [6, 6.07) is 23.8. The van der Waals surface area contributed by atoms with Gasteiger partial charge in [-0.25, -0.2) is 4.98 Å². The molecule has 30 heavy (non-hydrogen) atoms. The van der Waals surface area contributed by atoms with Gasteiger partial charge in [-0.05, 0) is 18.4 Å². The smallest absolute Gasteiger partial charge is 0.230 e. The fourth-order valence-electron chi connectivity index (χ4n) is 2.98. The Bertz CT molecular complexity index is 1100. The Labute approximate surface area is 183 Å². The molecule has 1 N–H and O–H groups in total. The van der Waals surface area contributed by atoms with Crippen LogP contribution in [-0.4, -0.2) is 26.8 Å². The summed E-state index contributed by atoms with van der Waals surface area (Å²) in [6.07, 6.45) is 0. The highest BCUT2D eigenvalue weighted by Crippen LogP contribution is 2.29. The number of carbonyl (C=O) groups excluding carboxylic acids is 1. The number of benzene rings is 2. The lowest BCUT2D eigenvalue weighted by molar-refractivity contribution is -0.119. The maximum absolute atomic E-state index is 12.4. The fourth-order valence-corrected chi connectivity index (χ4v) is 4.31. The molecule has 4 rings (SSSR count). The Kier molecular flexibility index (Phi) is 6.51. The molecule has 0 fully saturated rings. The number of nitrogens with one attached hydrogen (secondary N) is 1. The van der Waals surface area contributed by atoms with Crippen LogP contribution in [0, 0.1) is 0 Å². The lowest BCUT2D eigenvalue weighted by Gasteiger charge is -2.12. The predicted molar refractivity (Wildman–Crippen MR) is 122 cm³/mol. The molecule has 5 nitrogen and oxygen atoms in total. The molecule has 0 aliphatic carbocycles. The molecule has 0 spiro atoms. The first kappa shape index (κ1) is 20.3. The van der Waals surface area contributed by atoms with Crippen molar-refractivity contribution in [3.8, 4) is 22.5 Å². The average Bonchev–Trinajstić information content (AvgIpc) is 3.34. The molecule has 2 aromatic heterocycles. The van der Waals surface area contributed by atoms with E-state index >= 15 is 0 Å². The van der Waals surface area contributed by atoms with Crippen molar-refractivity contribution in [2.24, 2.45) is 0 Å². The summed E-state index contributed by atoms with van der Waals surface area (Å²) in [5.74, 6) is 0.175. The van der Waals surface area contributed by atoms with Gasteiger partial charge in [-0.15, -0.1) is 21.5 Å². The topological polar surface area (TPSA) is 67.8 Å². The molecule has 2 heterocycles. The minimum atomic E-state index is -0.0575. The highest BCUT2D eigenvalue weighted by atomic mass is 32.2. The van der Waals surface area contributed by atoms with Gasteiger partial charge in [0.1, 0.15) is 11.4 Å². The second-order valence-electron chi connectivity index (χ2n) is 6.62. The van der Waals surface area contributed by atoms with Gasteiger partial charge in [0.15, 0.2) is 0 Å². The van der Waals surface area contributed by atoms with Crippen LogP contribution in [0.2, 0.25) is 0 Å². The molecule has 2 aromatic carbocycles. The van der Waals surface area contributed by atoms with Crippen molar-refractivity contribution in [3.63, 3.8) is 0 Å². The monoisotopic (exact) mass is 432 g/mol. The molecular weight excluding hydrogens is 412 g/mol. The zero-order valence-corrected chi connectivity index (χ0v) is 18.0. The van der Waals surface area contributed by atoms with E-state index in [0.717, 1.165) is 27.4 Å². The van der Waals surface area contributed by atoms with E-state index in [0.29, 0.717) is 5.16 Å². The second kappa shape index (κ2) is 9.65. The van der Waals surface area contributed by atoms with E-state index in [1.807, 2.05) is 85.1 Å². The molecule has 0 unspecified atom stereocenters. The Morgan fingerprint density at radius 2 is 1.60 bits per heavy atom. The van der Waals surface area contributed by atoms with Crippen molar-refractivity contribution in [1.82, 2.24) is 20.5 Å². The summed E-state index contributed by atoms with van der Waals surface area (Å²) in [6.45, 7) is 1.98. The normalized spacial score (nSPS) is 11.8. The summed E-state index contributed by atoms with van der Waals surface area (Å²) >= 11 is 2.92. The molecule has 0 aliphatic heterocycles. The van der Waals surface area contributed by atoms with Gasteiger partial charge in [0, 0.05) is 16.0 Å². The van der Waals surface area contributed by atoms with Gasteiger partial charge >= 0.3 is 0 Å². The average molecular weight is 433 g/mol. The molecule has 0 bridgehead atoms. The second-order valence-corrected chi connectivity index (χ2v) is 8.54. The lowest BCUT2D eigenvalue weighted by Crippen LogP contribution is -2.27. The summed E-state index contributed by atoms with van der Waals surface area (Å²) < 4.78 is 0. The van der Waals surface area contributed by atoms with Gasteiger partial charge in [0.25, 0.3) is 0 Å². The lowest BCUT2D eigenvalue weighted by atomic mass is 10.0. The van der Waals surface area contributed by atoms with Crippen molar-refractivity contribution in [3.05, 3.63) is 83.1 Å². The zero-order valence-electron chi connectivity index (χ0n) is 16.4. The van der Waals surface area contributed by atoms with E-state index in [4.69, 9.17) is 4.98 Å². The first-order valence-corrected chi connectivity index (χ1v) is 11.4. The number of thiophene rings is 1. The van der Waals surface area contributed by atoms with Crippen LogP contribution in [0.4, 0.5) is 0 Å². The van der Waals surface area contributed by atoms with Crippen molar-refractivity contribution in [2.75, 3.05) is 5.75 Å². The number of hydrogen-bond donors (Lipinski definition) is 1. The van der Waals surface area contributed by atoms with Gasteiger partial charge < -0.3 is 5.32 Å². The SMILES string of the molecule is C[C@@H](NC(=O)CSc1nnc(-c2ccccc2)c(-c2ccccc2)n1)c1cccs1. The van der Waals surface area contributed by atoms with Crippen LogP contribution in [0.25, 0.3) is 22.5 Å². The number of rotatable bonds is 7. The molecular formula is C23H20N4OS2. The predicted octanol–water partition coefficient (Wildman–Crippen LogP) is 5.24. The molecule has 150 valence electrons. The highest BCUT2D eigenvalue weighted by molar-refractivity contribution is 7.99. The largest absolute Gasteiger partial charge is 0.348 e. The van der Waals surface area contributed by atoms with Crippen LogP contribution in [-0.2, 0) is 4.79 Å². The van der Waals surface area contributed by atoms with Crippen molar-refractivity contribution in [1.29, 1.82) is 0 Å². The molecule has 0 radical (unpaired) electrons. The van der Waals surface area contributed by atoms with E-state index in [1.54, 1.807) is 11.3 Å². The van der Waals surface area contributed by atoms with Crippen LogP contribution in [0.5, 0.6) is 0 Å². The Morgan fingerprint density at radius 3 is 2.23 bits per heavy atom. The number of carbonyl (C=O) groups is 1. The van der Waals surface area contributed by atoms with Gasteiger partial charge in [0.05, 0.1) is 11.8 Å².